The van der Waals surface area contributed by atoms with Gasteiger partial charge in [0.05, 0.1) is 38.8 Å². The van der Waals surface area contributed by atoms with E-state index in [1.165, 1.54) is 21.8 Å². The second-order valence-corrected chi connectivity index (χ2v) is 13.7. The molecule has 0 aliphatic carbocycles. The highest BCUT2D eigenvalue weighted by atomic mass is 16.5. The molecule has 10 aromatic rings. The molecule has 53 heavy (non-hydrogen) atoms. The first-order chi connectivity index (χ1) is 26.3. The molecule has 0 saturated heterocycles. The van der Waals surface area contributed by atoms with Crippen LogP contribution >= 0.6 is 0 Å². The zero-order valence-electron chi connectivity index (χ0n) is 28.4. The van der Waals surface area contributed by atoms with E-state index < -0.39 is 0 Å². The lowest BCUT2D eigenvalue weighted by atomic mass is 9.99. The fraction of sp³-hybridized carbons (Fsp3) is 0. The normalized spacial score (nSPS) is 12.8. The van der Waals surface area contributed by atoms with Crippen molar-refractivity contribution in [2.75, 3.05) is 4.90 Å². The molecule has 0 unspecified atom stereocenters. The summed E-state index contributed by atoms with van der Waals surface area (Å²) in [6.45, 7) is 0. The van der Waals surface area contributed by atoms with E-state index in [1.54, 1.807) is 0 Å². The van der Waals surface area contributed by atoms with Gasteiger partial charge in [-0.1, -0.05) is 91.0 Å². The number of hydrogen-bond acceptors (Lipinski definition) is 3. The number of anilines is 3. The highest BCUT2D eigenvalue weighted by Crippen LogP contribution is 2.62. The lowest BCUT2D eigenvalue weighted by Gasteiger charge is -2.38. The second-order valence-electron chi connectivity index (χ2n) is 13.7. The van der Waals surface area contributed by atoms with E-state index in [1.807, 2.05) is 18.2 Å². The minimum Gasteiger partial charge on any atom is -0.453 e. The Balaban J connectivity index is 1.14. The molecule has 8 aromatic carbocycles. The summed E-state index contributed by atoms with van der Waals surface area (Å²) in [7, 11) is 0. The number of ether oxygens (including phenoxy) is 2. The van der Waals surface area contributed by atoms with Gasteiger partial charge in [-0.3, -0.25) is 4.90 Å². The number of rotatable bonds is 3. The highest BCUT2D eigenvalue weighted by Gasteiger charge is 2.37. The molecule has 0 saturated carbocycles. The Hall–Kier alpha value is -7.24. The van der Waals surface area contributed by atoms with Crippen LogP contribution in [0.25, 0.3) is 66.1 Å². The number of para-hydroxylation sites is 7. The molecule has 0 N–H and O–H groups in total. The first-order valence-electron chi connectivity index (χ1n) is 17.9. The minimum absolute atomic E-state index is 0.765. The zero-order valence-corrected chi connectivity index (χ0v) is 28.4. The molecular weight excluding hydrogens is 651 g/mol. The maximum Gasteiger partial charge on any atom is 0.165 e. The molecular formula is C48H29N3O2. The summed E-state index contributed by atoms with van der Waals surface area (Å²) in [6.07, 6.45) is 0. The Morgan fingerprint density at radius 3 is 1.58 bits per heavy atom. The lowest BCUT2D eigenvalue weighted by molar-refractivity contribution is 0.450. The van der Waals surface area contributed by atoms with Gasteiger partial charge in [0.25, 0.3) is 0 Å². The van der Waals surface area contributed by atoms with Crippen molar-refractivity contribution in [3.63, 3.8) is 0 Å². The molecule has 0 atom stereocenters. The van der Waals surface area contributed by atoms with E-state index in [9.17, 15) is 0 Å². The number of aromatic nitrogens is 2. The maximum atomic E-state index is 6.97. The zero-order chi connectivity index (χ0) is 34.6. The number of benzene rings is 8. The van der Waals surface area contributed by atoms with Gasteiger partial charge in [-0.05, 0) is 90.0 Å². The van der Waals surface area contributed by atoms with Crippen LogP contribution in [0.3, 0.4) is 0 Å². The maximum absolute atomic E-state index is 6.97. The Labute approximate surface area is 304 Å². The summed E-state index contributed by atoms with van der Waals surface area (Å²) in [5.74, 6) is 3.19. The van der Waals surface area contributed by atoms with Gasteiger partial charge in [-0.25, -0.2) is 0 Å². The quantitative estimate of drug-likeness (QED) is 0.186. The Kier molecular flexibility index (Phi) is 5.71. The molecule has 2 aliphatic rings. The average Bonchev–Trinajstić information content (AvgIpc) is 3.73. The lowest BCUT2D eigenvalue weighted by Crippen LogP contribution is -2.20. The van der Waals surface area contributed by atoms with E-state index in [0.717, 1.165) is 84.4 Å². The standard InChI is InChI=1S/C48H29N3O2/c1-3-13-32(14-4-1)49-37-18-8-7-17-34(37)35-27-30(23-25-38(35)49)31-24-26-39-36(28-31)46-42(50(39)33-15-5-2-6-16-33)29-45-47-48(46)53-44-22-12-10-20-41(44)51(47)40-19-9-11-21-43(40)52-45/h1-29H. The van der Waals surface area contributed by atoms with Gasteiger partial charge < -0.3 is 18.6 Å². The van der Waals surface area contributed by atoms with E-state index in [4.69, 9.17) is 9.47 Å². The molecule has 0 spiro atoms. The third-order valence-electron chi connectivity index (χ3n) is 10.8. The predicted octanol–water partition coefficient (Wildman–Crippen LogP) is 13.2. The van der Waals surface area contributed by atoms with Crippen LogP contribution in [-0.2, 0) is 0 Å². The highest BCUT2D eigenvalue weighted by molar-refractivity contribution is 6.18. The molecule has 0 bridgehead atoms. The molecule has 248 valence electrons. The summed E-state index contributed by atoms with van der Waals surface area (Å²) in [6, 6.07) is 62.2. The van der Waals surface area contributed by atoms with Crippen molar-refractivity contribution in [3.05, 3.63) is 176 Å². The molecule has 5 heteroatoms. The van der Waals surface area contributed by atoms with Gasteiger partial charge in [0.1, 0.15) is 5.69 Å². The van der Waals surface area contributed by atoms with Crippen molar-refractivity contribution >= 4 is 60.7 Å². The van der Waals surface area contributed by atoms with Gasteiger partial charge in [0.15, 0.2) is 23.0 Å². The largest absolute Gasteiger partial charge is 0.453 e. The molecule has 2 aliphatic heterocycles. The van der Waals surface area contributed by atoms with E-state index >= 15 is 0 Å². The summed E-state index contributed by atoms with van der Waals surface area (Å²) in [5, 5.41) is 4.63. The predicted molar refractivity (Wildman–Crippen MR) is 215 cm³/mol. The van der Waals surface area contributed by atoms with Crippen LogP contribution in [0, 0.1) is 0 Å². The summed E-state index contributed by atoms with van der Waals surface area (Å²) in [4.78, 5) is 2.30. The van der Waals surface area contributed by atoms with Crippen LogP contribution in [0.4, 0.5) is 17.1 Å². The van der Waals surface area contributed by atoms with Gasteiger partial charge in [-0.15, -0.1) is 0 Å². The van der Waals surface area contributed by atoms with Crippen LogP contribution in [0.2, 0.25) is 0 Å². The first kappa shape index (κ1) is 28.5. The number of fused-ring (bicyclic) bond motifs is 11. The van der Waals surface area contributed by atoms with Crippen molar-refractivity contribution in [3.8, 4) is 45.5 Å². The van der Waals surface area contributed by atoms with Gasteiger partial charge >= 0.3 is 0 Å². The van der Waals surface area contributed by atoms with Gasteiger partial charge in [0.2, 0.25) is 0 Å². The van der Waals surface area contributed by atoms with E-state index in [-0.39, 0.29) is 0 Å². The molecule has 4 heterocycles. The second kappa shape index (κ2) is 10.6. The van der Waals surface area contributed by atoms with Gasteiger partial charge in [-0.2, -0.15) is 0 Å². The summed E-state index contributed by atoms with van der Waals surface area (Å²) in [5.41, 5.74) is 11.9. The SMILES string of the molecule is c1ccc(-n2c3ccccc3c3cc(-c4ccc5c(c4)c4c6c7c(cc4n5-c4ccccc4)Oc4ccccc4N7c4ccccc4O6)ccc32)cc1. The van der Waals surface area contributed by atoms with Crippen LogP contribution < -0.4 is 14.4 Å². The molecule has 5 nitrogen and oxygen atoms in total. The van der Waals surface area contributed by atoms with Gasteiger partial charge in [0, 0.05) is 33.6 Å². The molecule has 0 fully saturated rings. The van der Waals surface area contributed by atoms with Crippen LogP contribution in [-0.4, -0.2) is 9.13 Å². The van der Waals surface area contributed by atoms with Crippen molar-refractivity contribution in [1.82, 2.24) is 9.13 Å². The number of nitrogens with zero attached hydrogens (tertiary/aromatic N) is 3. The monoisotopic (exact) mass is 679 g/mol. The third kappa shape index (κ3) is 3.96. The fourth-order valence-electron chi connectivity index (χ4n) is 8.60. The Morgan fingerprint density at radius 1 is 0.358 bits per heavy atom. The Morgan fingerprint density at radius 2 is 0.887 bits per heavy atom. The Bertz CT molecular complexity index is 3110. The topological polar surface area (TPSA) is 31.6 Å². The minimum atomic E-state index is 0.765. The number of hydrogen-bond donors (Lipinski definition) is 0. The fourth-order valence-corrected chi connectivity index (χ4v) is 8.60. The van der Waals surface area contributed by atoms with Crippen molar-refractivity contribution in [2.45, 2.75) is 0 Å². The first-order valence-corrected chi connectivity index (χ1v) is 17.9. The van der Waals surface area contributed by atoms with Crippen LogP contribution in [0.5, 0.6) is 23.0 Å². The molecule has 0 amide bonds. The summed E-state index contributed by atoms with van der Waals surface area (Å²) < 4.78 is 18.4. The van der Waals surface area contributed by atoms with E-state index in [0.29, 0.717) is 0 Å². The van der Waals surface area contributed by atoms with Crippen LogP contribution in [0.15, 0.2) is 176 Å². The van der Waals surface area contributed by atoms with Crippen molar-refractivity contribution in [2.24, 2.45) is 0 Å². The van der Waals surface area contributed by atoms with Crippen molar-refractivity contribution < 1.29 is 9.47 Å². The average molecular weight is 680 g/mol. The summed E-state index contributed by atoms with van der Waals surface area (Å²) >= 11 is 0. The molecule has 2 aromatic heterocycles. The third-order valence-corrected chi connectivity index (χ3v) is 10.8. The molecule has 12 rings (SSSR count). The smallest absolute Gasteiger partial charge is 0.165 e. The van der Waals surface area contributed by atoms with Crippen molar-refractivity contribution in [1.29, 1.82) is 0 Å². The van der Waals surface area contributed by atoms with Crippen LogP contribution in [0.1, 0.15) is 0 Å². The molecule has 0 radical (unpaired) electrons. The van der Waals surface area contributed by atoms with E-state index in [2.05, 4.69) is 172 Å².